The summed E-state index contributed by atoms with van der Waals surface area (Å²) in [6.07, 6.45) is 1.65. The molecule has 1 aliphatic heterocycles. The normalized spacial score (nSPS) is 23.7. The fourth-order valence-corrected chi connectivity index (χ4v) is 2.45. The Morgan fingerprint density at radius 3 is 3.00 bits per heavy atom. The Morgan fingerprint density at radius 2 is 2.28 bits per heavy atom. The van der Waals surface area contributed by atoms with Crippen LogP contribution in [0, 0.1) is 11.7 Å². The SMILES string of the molecule is CCOC(=O)C1CCCNC1c1ccccc1F. The molecule has 1 aromatic carbocycles. The van der Waals surface area contributed by atoms with E-state index in [9.17, 15) is 9.18 Å². The number of carbonyl (C=O) groups is 1. The van der Waals surface area contributed by atoms with Crippen molar-refractivity contribution in [1.29, 1.82) is 0 Å². The van der Waals surface area contributed by atoms with Gasteiger partial charge < -0.3 is 10.1 Å². The topological polar surface area (TPSA) is 38.3 Å². The average molecular weight is 251 g/mol. The second-order valence-electron chi connectivity index (χ2n) is 4.45. The van der Waals surface area contributed by atoms with Crippen LogP contribution in [0.15, 0.2) is 24.3 Å². The van der Waals surface area contributed by atoms with Crippen molar-refractivity contribution in [2.45, 2.75) is 25.8 Å². The van der Waals surface area contributed by atoms with Gasteiger partial charge in [0.05, 0.1) is 12.5 Å². The molecule has 18 heavy (non-hydrogen) atoms. The average Bonchev–Trinajstić information content (AvgIpc) is 2.40. The van der Waals surface area contributed by atoms with E-state index in [2.05, 4.69) is 5.32 Å². The zero-order valence-electron chi connectivity index (χ0n) is 10.5. The lowest BCUT2D eigenvalue weighted by Gasteiger charge is -2.31. The monoisotopic (exact) mass is 251 g/mol. The molecule has 0 saturated carbocycles. The number of carbonyl (C=O) groups excluding carboxylic acids is 1. The van der Waals surface area contributed by atoms with Crippen molar-refractivity contribution in [3.8, 4) is 0 Å². The smallest absolute Gasteiger partial charge is 0.310 e. The molecule has 0 aromatic heterocycles. The third-order valence-electron chi connectivity index (χ3n) is 3.29. The van der Waals surface area contributed by atoms with Crippen LogP contribution in [0.5, 0.6) is 0 Å². The number of piperidine rings is 1. The van der Waals surface area contributed by atoms with E-state index in [-0.39, 0.29) is 23.7 Å². The molecule has 3 nitrogen and oxygen atoms in total. The summed E-state index contributed by atoms with van der Waals surface area (Å²) in [6, 6.07) is 6.31. The summed E-state index contributed by atoms with van der Waals surface area (Å²) in [4.78, 5) is 11.9. The Labute approximate surface area is 106 Å². The maximum Gasteiger partial charge on any atom is 0.310 e. The third kappa shape index (κ3) is 2.70. The molecule has 0 bridgehead atoms. The van der Waals surface area contributed by atoms with Crippen molar-refractivity contribution >= 4 is 5.97 Å². The molecule has 1 fully saturated rings. The summed E-state index contributed by atoms with van der Waals surface area (Å²) < 4.78 is 18.9. The van der Waals surface area contributed by atoms with E-state index in [1.807, 2.05) is 0 Å². The fraction of sp³-hybridized carbons (Fsp3) is 0.500. The van der Waals surface area contributed by atoms with E-state index in [0.717, 1.165) is 19.4 Å². The number of nitrogens with one attached hydrogen (secondary N) is 1. The third-order valence-corrected chi connectivity index (χ3v) is 3.29. The minimum Gasteiger partial charge on any atom is -0.466 e. The lowest BCUT2D eigenvalue weighted by Crippen LogP contribution is -2.39. The summed E-state index contributed by atoms with van der Waals surface area (Å²) in [7, 11) is 0. The van der Waals surface area contributed by atoms with Gasteiger partial charge >= 0.3 is 5.97 Å². The van der Waals surface area contributed by atoms with Crippen molar-refractivity contribution in [2.75, 3.05) is 13.2 Å². The van der Waals surface area contributed by atoms with Gasteiger partial charge in [-0.15, -0.1) is 0 Å². The van der Waals surface area contributed by atoms with Crippen LogP contribution in [0.25, 0.3) is 0 Å². The summed E-state index contributed by atoms with van der Waals surface area (Å²) in [5.41, 5.74) is 0.551. The first-order valence-corrected chi connectivity index (χ1v) is 6.38. The largest absolute Gasteiger partial charge is 0.466 e. The van der Waals surface area contributed by atoms with E-state index in [4.69, 9.17) is 4.74 Å². The molecule has 98 valence electrons. The predicted molar refractivity (Wildman–Crippen MR) is 66.5 cm³/mol. The van der Waals surface area contributed by atoms with Gasteiger partial charge in [0.25, 0.3) is 0 Å². The summed E-state index contributed by atoms with van der Waals surface area (Å²) >= 11 is 0. The number of benzene rings is 1. The number of halogens is 1. The first-order valence-electron chi connectivity index (χ1n) is 6.38. The van der Waals surface area contributed by atoms with Crippen LogP contribution in [-0.2, 0) is 9.53 Å². The van der Waals surface area contributed by atoms with E-state index in [0.29, 0.717) is 12.2 Å². The van der Waals surface area contributed by atoms with Crippen molar-refractivity contribution in [1.82, 2.24) is 5.32 Å². The summed E-state index contributed by atoms with van der Waals surface area (Å²) in [5.74, 6) is -0.806. The Balaban J connectivity index is 2.23. The standard InChI is InChI=1S/C14H18FNO2/c1-2-18-14(17)11-7-5-9-16-13(11)10-6-3-4-8-12(10)15/h3-4,6,8,11,13,16H,2,5,7,9H2,1H3. The van der Waals surface area contributed by atoms with Gasteiger partial charge in [0.2, 0.25) is 0 Å². The van der Waals surface area contributed by atoms with Crippen molar-refractivity contribution in [2.24, 2.45) is 5.92 Å². The van der Waals surface area contributed by atoms with Crippen LogP contribution in [-0.4, -0.2) is 19.1 Å². The minimum atomic E-state index is -0.296. The predicted octanol–water partition coefficient (Wildman–Crippen LogP) is 2.43. The zero-order chi connectivity index (χ0) is 13.0. The van der Waals surface area contributed by atoms with Crippen LogP contribution < -0.4 is 5.32 Å². The second-order valence-corrected chi connectivity index (χ2v) is 4.45. The molecule has 1 aliphatic rings. The number of rotatable bonds is 3. The molecule has 1 heterocycles. The van der Waals surface area contributed by atoms with E-state index in [1.54, 1.807) is 25.1 Å². The highest BCUT2D eigenvalue weighted by atomic mass is 19.1. The Hall–Kier alpha value is -1.42. The molecule has 1 N–H and O–H groups in total. The molecule has 4 heteroatoms. The van der Waals surface area contributed by atoms with Gasteiger partial charge in [0.15, 0.2) is 0 Å². The minimum absolute atomic E-state index is 0.238. The maximum absolute atomic E-state index is 13.8. The van der Waals surface area contributed by atoms with Crippen LogP contribution in [0.2, 0.25) is 0 Å². The first kappa shape index (κ1) is 13.0. The number of esters is 1. The second kappa shape index (κ2) is 5.96. The van der Waals surface area contributed by atoms with Gasteiger partial charge in [0, 0.05) is 11.6 Å². The molecule has 1 saturated heterocycles. The van der Waals surface area contributed by atoms with Gasteiger partial charge in [-0.25, -0.2) is 4.39 Å². The molecule has 0 amide bonds. The van der Waals surface area contributed by atoms with Gasteiger partial charge in [-0.2, -0.15) is 0 Å². The number of ether oxygens (including phenoxy) is 1. The van der Waals surface area contributed by atoms with Crippen LogP contribution in [0.3, 0.4) is 0 Å². The molecular weight excluding hydrogens is 233 g/mol. The van der Waals surface area contributed by atoms with Crippen molar-refractivity contribution in [3.05, 3.63) is 35.6 Å². The zero-order valence-corrected chi connectivity index (χ0v) is 10.5. The van der Waals surface area contributed by atoms with E-state index < -0.39 is 0 Å². The van der Waals surface area contributed by atoms with Gasteiger partial charge in [-0.3, -0.25) is 4.79 Å². The molecule has 0 spiro atoms. The molecule has 2 rings (SSSR count). The lowest BCUT2D eigenvalue weighted by atomic mass is 9.86. The van der Waals surface area contributed by atoms with Crippen LogP contribution in [0.4, 0.5) is 4.39 Å². The van der Waals surface area contributed by atoms with Gasteiger partial charge in [-0.1, -0.05) is 18.2 Å². The van der Waals surface area contributed by atoms with Crippen LogP contribution >= 0.6 is 0 Å². The molecule has 2 unspecified atom stereocenters. The first-order chi connectivity index (χ1) is 8.74. The van der Waals surface area contributed by atoms with Gasteiger partial charge in [0.1, 0.15) is 5.82 Å². The highest BCUT2D eigenvalue weighted by Crippen LogP contribution is 2.31. The summed E-state index contributed by atoms with van der Waals surface area (Å²) in [6.45, 7) is 2.94. The van der Waals surface area contributed by atoms with Gasteiger partial charge in [-0.05, 0) is 32.4 Å². The van der Waals surface area contributed by atoms with Crippen LogP contribution in [0.1, 0.15) is 31.4 Å². The molecule has 2 atom stereocenters. The van der Waals surface area contributed by atoms with Crippen molar-refractivity contribution < 1.29 is 13.9 Å². The van der Waals surface area contributed by atoms with E-state index >= 15 is 0 Å². The Bertz CT molecular complexity index is 422. The Morgan fingerprint density at radius 1 is 1.50 bits per heavy atom. The lowest BCUT2D eigenvalue weighted by molar-refractivity contribution is -0.150. The number of hydrogen-bond donors (Lipinski definition) is 1. The number of hydrogen-bond acceptors (Lipinski definition) is 3. The fourth-order valence-electron chi connectivity index (χ4n) is 2.45. The molecule has 0 aliphatic carbocycles. The van der Waals surface area contributed by atoms with E-state index in [1.165, 1.54) is 6.07 Å². The van der Waals surface area contributed by atoms with Crippen molar-refractivity contribution in [3.63, 3.8) is 0 Å². The molecule has 1 aromatic rings. The molecular formula is C14H18FNO2. The maximum atomic E-state index is 13.8. The quantitative estimate of drug-likeness (QED) is 0.838. The summed E-state index contributed by atoms with van der Waals surface area (Å²) in [5, 5.41) is 3.22. The highest BCUT2D eigenvalue weighted by molar-refractivity contribution is 5.73. The highest BCUT2D eigenvalue weighted by Gasteiger charge is 2.34. The Kier molecular flexibility index (Phi) is 4.31. The molecule has 0 radical (unpaired) electrons.